The summed E-state index contributed by atoms with van der Waals surface area (Å²) in [5.41, 5.74) is 0.856. The SMILES string of the molecule is CCN1CCN(C(C)CNC(=NC)N2CCN(c3cnn(C)c3)C(=O)C2)CC1. The van der Waals surface area contributed by atoms with E-state index in [1.54, 1.807) is 22.8 Å². The molecule has 2 fully saturated rings. The molecule has 0 spiro atoms. The second kappa shape index (κ2) is 9.38. The molecule has 9 heteroatoms. The molecule has 9 nitrogen and oxygen atoms in total. The molecule has 0 aromatic carbocycles. The highest BCUT2D eigenvalue weighted by Gasteiger charge is 2.28. The van der Waals surface area contributed by atoms with Gasteiger partial charge in [0.1, 0.15) is 6.54 Å². The van der Waals surface area contributed by atoms with E-state index in [1.807, 2.05) is 18.1 Å². The summed E-state index contributed by atoms with van der Waals surface area (Å²) in [5.74, 6) is 0.879. The Morgan fingerprint density at radius 1 is 1.25 bits per heavy atom. The van der Waals surface area contributed by atoms with Crippen molar-refractivity contribution in [2.24, 2.45) is 12.0 Å². The molecule has 3 heterocycles. The van der Waals surface area contributed by atoms with Crippen molar-refractivity contribution < 1.29 is 4.79 Å². The van der Waals surface area contributed by atoms with Gasteiger partial charge in [0.25, 0.3) is 0 Å². The number of aliphatic imine (C=N–C) groups is 1. The summed E-state index contributed by atoms with van der Waals surface area (Å²) < 4.78 is 1.72. The summed E-state index contributed by atoms with van der Waals surface area (Å²) in [6, 6.07) is 0.433. The van der Waals surface area contributed by atoms with Crippen LogP contribution >= 0.6 is 0 Å². The van der Waals surface area contributed by atoms with Crippen molar-refractivity contribution in [3.8, 4) is 0 Å². The molecule has 2 saturated heterocycles. The van der Waals surface area contributed by atoms with Crippen molar-refractivity contribution in [1.29, 1.82) is 0 Å². The highest BCUT2D eigenvalue weighted by atomic mass is 16.2. The summed E-state index contributed by atoms with van der Waals surface area (Å²) in [6.07, 6.45) is 3.61. The van der Waals surface area contributed by atoms with Crippen LogP contribution in [0.2, 0.25) is 0 Å². The third-order valence-electron chi connectivity index (χ3n) is 5.77. The van der Waals surface area contributed by atoms with Gasteiger partial charge in [0.05, 0.1) is 11.9 Å². The Morgan fingerprint density at radius 2 is 2.00 bits per heavy atom. The Bertz CT molecular complexity index is 679. The van der Waals surface area contributed by atoms with E-state index >= 15 is 0 Å². The Kier molecular flexibility index (Phi) is 6.90. The predicted octanol–water partition coefficient (Wildman–Crippen LogP) is -0.330. The first-order chi connectivity index (χ1) is 13.5. The molecule has 156 valence electrons. The van der Waals surface area contributed by atoms with Gasteiger partial charge in [-0.05, 0) is 13.5 Å². The van der Waals surface area contributed by atoms with Crippen molar-refractivity contribution in [3.63, 3.8) is 0 Å². The van der Waals surface area contributed by atoms with E-state index in [9.17, 15) is 4.79 Å². The fourth-order valence-corrected chi connectivity index (χ4v) is 3.90. The maximum atomic E-state index is 12.6. The summed E-state index contributed by atoms with van der Waals surface area (Å²) in [5, 5.41) is 7.64. The van der Waals surface area contributed by atoms with E-state index in [1.165, 1.54) is 0 Å². The van der Waals surface area contributed by atoms with Crippen LogP contribution in [0.1, 0.15) is 13.8 Å². The minimum Gasteiger partial charge on any atom is -0.355 e. The van der Waals surface area contributed by atoms with Gasteiger partial charge < -0.3 is 20.0 Å². The van der Waals surface area contributed by atoms with Crippen molar-refractivity contribution in [2.75, 3.05) is 70.9 Å². The second-order valence-corrected chi connectivity index (χ2v) is 7.59. The molecule has 1 amide bonds. The average molecular weight is 391 g/mol. The zero-order chi connectivity index (χ0) is 20.1. The third kappa shape index (κ3) is 4.82. The van der Waals surface area contributed by atoms with Crippen LogP contribution in [-0.2, 0) is 11.8 Å². The van der Waals surface area contributed by atoms with E-state index < -0.39 is 0 Å². The fourth-order valence-electron chi connectivity index (χ4n) is 3.90. The van der Waals surface area contributed by atoms with Gasteiger partial charge in [-0.15, -0.1) is 0 Å². The summed E-state index contributed by atoms with van der Waals surface area (Å²) >= 11 is 0. The zero-order valence-corrected chi connectivity index (χ0v) is 17.6. The molecular weight excluding hydrogens is 356 g/mol. The predicted molar refractivity (Wildman–Crippen MR) is 112 cm³/mol. The quantitative estimate of drug-likeness (QED) is 0.548. The monoisotopic (exact) mass is 390 g/mol. The number of nitrogens with zero attached hydrogens (tertiary/aromatic N) is 7. The van der Waals surface area contributed by atoms with Crippen LogP contribution in [0.15, 0.2) is 17.4 Å². The van der Waals surface area contributed by atoms with Crippen LogP contribution in [0.5, 0.6) is 0 Å². The molecule has 0 aliphatic carbocycles. The fraction of sp³-hybridized carbons (Fsp3) is 0.737. The lowest BCUT2D eigenvalue weighted by Gasteiger charge is -2.39. The Balaban J connectivity index is 1.48. The number of hydrogen-bond donors (Lipinski definition) is 1. The lowest BCUT2D eigenvalue weighted by atomic mass is 10.2. The van der Waals surface area contributed by atoms with Gasteiger partial charge >= 0.3 is 0 Å². The smallest absolute Gasteiger partial charge is 0.246 e. The molecule has 28 heavy (non-hydrogen) atoms. The standard InChI is InChI=1S/C19H34N8O/c1-5-24-6-8-25(9-7-24)16(2)12-21-19(20-3)26-10-11-27(18(28)15-26)17-13-22-23(4)14-17/h13-14,16H,5-12,15H2,1-4H3,(H,20,21). The Morgan fingerprint density at radius 3 is 2.57 bits per heavy atom. The number of amides is 1. The van der Waals surface area contributed by atoms with Gasteiger partial charge in [-0.3, -0.25) is 19.4 Å². The number of carbonyl (C=O) groups excluding carboxylic acids is 1. The number of likely N-dealkylation sites (N-methyl/N-ethyl adjacent to an activating group) is 1. The van der Waals surface area contributed by atoms with Gasteiger partial charge in [0, 0.05) is 72.1 Å². The van der Waals surface area contributed by atoms with Gasteiger partial charge in [-0.1, -0.05) is 6.92 Å². The third-order valence-corrected chi connectivity index (χ3v) is 5.77. The van der Waals surface area contributed by atoms with Crippen molar-refractivity contribution >= 4 is 17.6 Å². The maximum absolute atomic E-state index is 12.6. The molecule has 2 aliphatic rings. The minimum atomic E-state index is 0.0749. The first-order valence-electron chi connectivity index (χ1n) is 10.2. The number of carbonyl (C=O) groups is 1. The van der Waals surface area contributed by atoms with E-state index in [0.717, 1.165) is 57.5 Å². The lowest BCUT2D eigenvalue weighted by Crippen LogP contribution is -2.57. The lowest BCUT2D eigenvalue weighted by molar-refractivity contribution is -0.120. The molecule has 1 unspecified atom stereocenters. The van der Waals surface area contributed by atoms with Crippen LogP contribution in [0.25, 0.3) is 0 Å². The Labute approximate surface area is 168 Å². The topological polar surface area (TPSA) is 72.2 Å². The number of anilines is 1. The molecule has 1 N–H and O–H groups in total. The number of guanidine groups is 1. The van der Waals surface area contributed by atoms with E-state index in [4.69, 9.17) is 0 Å². The summed E-state index contributed by atoms with van der Waals surface area (Å²) in [6.45, 7) is 12.7. The van der Waals surface area contributed by atoms with E-state index in [-0.39, 0.29) is 5.91 Å². The highest BCUT2D eigenvalue weighted by molar-refractivity contribution is 5.98. The summed E-state index contributed by atoms with van der Waals surface area (Å²) in [7, 11) is 3.64. The molecule has 1 atom stereocenters. The molecular formula is C19H34N8O. The van der Waals surface area contributed by atoms with Gasteiger partial charge in [0.15, 0.2) is 5.96 Å². The maximum Gasteiger partial charge on any atom is 0.246 e. The number of nitrogens with one attached hydrogen (secondary N) is 1. The summed E-state index contributed by atoms with van der Waals surface area (Å²) in [4.78, 5) is 25.9. The number of rotatable bonds is 5. The van der Waals surface area contributed by atoms with Crippen molar-refractivity contribution in [2.45, 2.75) is 19.9 Å². The van der Waals surface area contributed by atoms with Crippen molar-refractivity contribution in [1.82, 2.24) is 29.8 Å². The molecule has 1 aromatic rings. The van der Waals surface area contributed by atoms with E-state index in [0.29, 0.717) is 19.1 Å². The van der Waals surface area contributed by atoms with Gasteiger partial charge in [0.2, 0.25) is 5.91 Å². The largest absolute Gasteiger partial charge is 0.355 e. The Hall–Kier alpha value is -2.13. The number of aromatic nitrogens is 2. The van der Waals surface area contributed by atoms with Gasteiger partial charge in [-0.25, -0.2) is 0 Å². The number of piperazine rings is 2. The normalized spacial score (nSPS) is 21.3. The van der Waals surface area contributed by atoms with Crippen LogP contribution in [0, 0.1) is 0 Å². The molecule has 2 aliphatic heterocycles. The van der Waals surface area contributed by atoms with E-state index in [2.05, 4.69) is 39.1 Å². The van der Waals surface area contributed by atoms with Crippen LogP contribution in [0.4, 0.5) is 5.69 Å². The van der Waals surface area contributed by atoms with Crippen LogP contribution < -0.4 is 10.2 Å². The number of hydrogen-bond acceptors (Lipinski definition) is 5. The number of aryl methyl sites for hydroxylation is 1. The molecule has 3 rings (SSSR count). The average Bonchev–Trinajstić information content (AvgIpc) is 3.14. The minimum absolute atomic E-state index is 0.0749. The van der Waals surface area contributed by atoms with Crippen LogP contribution in [-0.4, -0.2) is 108 Å². The van der Waals surface area contributed by atoms with Crippen molar-refractivity contribution in [3.05, 3.63) is 12.4 Å². The first-order valence-corrected chi connectivity index (χ1v) is 10.2. The zero-order valence-electron chi connectivity index (χ0n) is 17.6. The second-order valence-electron chi connectivity index (χ2n) is 7.59. The first kappa shape index (κ1) is 20.6. The van der Waals surface area contributed by atoms with Gasteiger partial charge in [-0.2, -0.15) is 5.10 Å². The molecule has 1 aromatic heterocycles. The molecule has 0 bridgehead atoms. The van der Waals surface area contributed by atoms with Crippen LogP contribution in [0.3, 0.4) is 0 Å². The highest BCUT2D eigenvalue weighted by Crippen LogP contribution is 2.16. The molecule has 0 saturated carbocycles. The molecule has 0 radical (unpaired) electrons.